The first-order chi connectivity index (χ1) is 13.1. The van der Waals surface area contributed by atoms with Gasteiger partial charge in [-0.05, 0) is 30.7 Å². The van der Waals surface area contributed by atoms with Crippen LogP contribution in [-0.4, -0.2) is 31.4 Å². The Kier molecular flexibility index (Phi) is 6.12. The molecule has 9 heteroatoms. The van der Waals surface area contributed by atoms with Gasteiger partial charge in [-0.1, -0.05) is 24.8 Å². The average Bonchev–Trinajstić information content (AvgIpc) is 3.07. The molecule has 2 aromatic heterocycles. The molecule has 0 aliphatic heterocycles. The molecule has 0 fully saturated rings. The van der Waals surface area contributed by atoms with Gasteiger partial charge in [-0.25, -0.2) is 8.78 Å². The monoisotopic (exact) mass is 389 g/mol. The largest absolute Gasteiger partial charge is 0.320 e. The molecule has 0 spiro atoms. The summed E-state index contributed by atoms with van der Waals surface area (Å²) >= 11 is 1.16. The molecule has 0 radical (unpaired) electrons. The van der Waals surface area contributed by atoms with Gasteiger partial charge >= 0.3 is 0 Å². The molecular weight excluding hydrogens is 372 g/mol. The van der Waals surface area contributed by atoms with Gasteiger partial charge in [0.1, 0.15) is 17.3 Å². The van der Waals surface area contributed by atoms with E-state index in [9.17, 15) is 13.6 Å². The third-order valence-corrected chi connectivity index (χ3v) is 4.63. The fourth-order valence-electron chi connectivity index (χ4n) is 2.46. The first-order valence-electron chi connectivity index (χ1n) is 8.30. The van der Waals surface area contributed by atoms with E-state index in [0.717, 1.165) is 35.9 Å². The minimum atomic E-state index is -0.817. The van der Waals surface area contributed by atoms with Crippen molar-refractivity contribution in [1.29, 1.82) is 0 Å². The fraction of sp³-hybridized carbons (Fsp3) is 0.222. The van der Waals surface area contributed by atoms with Crippen LogP contribution in [0.2, 0.25) is 0 Å². The molecule has 0 atom stereocenters. The molecule has 3 rings (SSSR count). The van der Waals surface area contributed by atoms with Gasteiger partial charge in [-0.2, -0.15) is 0 Å². The minimum Gasteiger partial charge on any atom is -0.320 e. The van der Waals surface area contributed by atoms with Crippen LogP contribution >= 0.6 is 11.8 Å². The summed E-state index contributed by atoms with van der Waals surface area (Å²) in [6.07, 6.45) is 4.20. The highest BCUT2D eigenvalue weighted by Crippen LogP contribution is 2.24. The number of nitrogens with zero attached hydrogens (tertiary/aromatic N) is 4. The number of carbonyl (C=O) groups is 1. The zero-order valence-corrected chi connectivity index (χ0v) is 15.3. The maximum atomic E-state index is 13.6. The zero-order valence-electron chi connectivity index (χ0n) is 14.5. The van der Waals surface area contributed by atoms with Gasteiger partial charge in [0, 0.05) is 24.5 Å². The second-order valence-electron chi connectivity index (χ2n) is 5.63. The van der Waals surface area contributed by atoms with Crippen LogP contribution in [0.15, 0.2) is 47.9 Å². The van der Waals surface area contributed by atoms with E-state index in [0.29, 0.717) is 17.5 Å². The van der Waals surface area contributed by atoms with Crippen LogP contribution in [0, 0.1) is 11.6 Å². The predicted octanol–water partition coefficient (Wildman–Crippen LogP) is 3.76. The lowest BCUT2D eigenvalue weighted by Gasteiger charge is -2.09. The maximum absolute atomic E-state index is 13.6. The molecule has 0 unspecified atom stereocenters. The Hall–Kier alpha value is -2.81. The van der Waals surface area contributed by atoms with E-state index in [2.05, 4.69) is 20.5 Å². The number of para-hydroxylation sites is 1. The van der Waals surface area contributed by atoms with Gasteiger partial charge in [0.25, 0.3) is 0 Å². The molecule has 0 bridgehead atoms. The van der Waals surface area contributed by atoms with Crippen LogP contribution in [0.5, 0.6) is 0 Å². The number of thioether (sulfide) groups is 1. The third kappa shape index (κ3) is 4.48. The van der Waals surface area contributed by atoms with Crippen molar-refractivity contribution < 1.29 is 13.6 Å². The van der Waals surface area contributed by atoms with Crippen molar-refractivity contribution in [3.8, 4) is 11.4 Å². The lowest BCUT2D eigenvalue weighted by atomic mass is 10.2. The summed E-state index contributed by atoms with van der Waals surface area (Å²) < 4.78 is 29.2. The highest BCUT2D eigenvalue weighted by Gasteiger charge is 2.16. The van der Waals surface area contributed by atoms with Gasteiger partial charge in [0.05, 0.1) is 5.75 Å². The molecule has 140 valence electrons. The molecule has 0 saturated heterocycles. The van der Waals surface area contributed by atoms with Crippen LogP contribution in [0.25, 0.3) is 11.4 Å². The first kappa shape index (κ1) is 19.0. The Morgan fingerprint density at radius 2 is 1.85 bits per heavy atom. The standard InChI is InChI=1S/C18H17F2N5OS/c1-2-10-25-17(12-6-8-21-9-7-12)23-24-18(25)27-11-15(26)22-16-13(19)4-3-5-14(16)20/h3-9H,2,10-11H2,1H3,(H,22,26). The van der Waals surface area contributed by atoms with E-state index in [1.165, 1.54) is 6.07 Å². The Morgan fingerprint density at radius 1 is 1.15 bits per heavy atom. The number of carbonyl (C=O) groups excluding carboxylic acids is 1. The number of pyridine rings is 1. The third-order valence-electron chi connectivity index (χ3n) is 3.66. The molecule has 1 N–H and O–H groups in total. The van der Waals surface area contributed by atoms with Crippen LogP contribution in [0.1, 0.15) is 13.3 Å². The van der Waals surface area contributed by atoms with E-state index in [-0.39, 0.29) is 5.75 Å². The number of aromatic nitrogens is 4. The maximum Gasteiger partial charge on any atom is 0.235 e. The summed E-state index contributed by atoms with van der Waals surface area (Å²) in [7, 11) is 0. The number of amides is 1. The zero-order chi connectivity index (χ0) is 19.2. The molecule has 6 nitrogen and oxygen atoms in total. The quantitative estimate of drug-likeness (QED) is 0.623. The average molecular weight is 389 g/mol. The number of hydrogen-bond donors (Lipinski definition) is 1. The first-order valence-corrected chi connectivity index (χ1v) is 9.29. The highest BCUT2D eigenvalue weighted by atomic mass is 32.2. The molecular formula is C18H17F2N5OS. The van der Waals surface area contributed by atoms with Gasteiger partial charge < -0.3 is 9.88 Å². The lowest BCUT2D eigenvalue weighted by Crippen LogP contribution is -2.16. The van der Waals surface area contributed by atoms with E-state index >= 15 is 0 Å². The normalized spacial score (nSPS) is 10.8. The van der Waals surface area contributed by atoms with Crippen molar-refractivity contribution in [3.05, 3.63) is 54.4 Å². The van der Waals surface area contributed by atoms with Crippen molar-refractivity contribution >= 4 is 23.4 Å². The number of rotatable bonds is 7. The SMILES string of the molecule is CCCn1c(SCC(=O)Nc2c(F)cccc2F)nnc1-c1ccncc1. The molecule has 1 amide bonds. The molecule has 1 aromatic carbocycles. The highest BCUT2D eigenvalue weighted by molar-refractivity contribution is 7.99. The molecule has 0 aliphatic rings. The molecule has 2 heterocycles. The number of benzene rings is 1. The van der Waals surface area contributed by atoms with Crippen molar-refractivity contribution in [3.63, 3.8) is 0 Å². The molecule has 27 heavy (non-hydrogen) atoms. The topological polar surface area (TPSA) is 72.7 Å². The van der Waals surface area contributed by atoms with Crippen molar-refractivity contribution in [2.45, 2.75) is 25.0 Å². The summed E-state index contributed by atoms with van der Waals surface area (Å²) in [4.78, 5) is 16.1. The smallest absolute Gasteiger partial charge is 0.235 e. The van der Waals surface area contributed by atoms with Gasteiger partial charge in [0.2, 0.25) is 5.91 Å². The Balaban J connectivity index is 1.72. The number of nitrogens with one attached hydrogen (secondary N) is 1. The minimum absolute atomic E-state index is 0.0496. The van der Waals surface area contributed by atoms with Crippen molar-refractivity contribution in [2.75, 3.05) is 11.1 Å². The number of halogens is 2. The van der Waals surface area contributed by atoms with Crippen molar-refractivity contribution in [2.24, 2.45) is 0 Å². The van der Waals surface area contributed by atoms with Gasteiger partial charge in [-0.3, -0.25) is 9.78 Å². The fourth-order valence-corrected chi connectivity index (χ4v) is 3.22. The molecule has 0 saturated carbocycles. The van der Waals surface area contributed by atoms with E-state index in [1.54, 1.807) is 12.4 Å². The van der Waals surface area contributed by atoms with E-state index in [1.807, 2.05) is 23.6 Å². The molecule has 0 aliphatic carbocycles. The summed E-state index contributed by atoms with van der Waals surface area (Å²) in [5, 5.41) is 11.2. The Bertz CT molecular complexity index is 913. The second kappa shape index (κ2) is 8.72. The summed E-state index contributed by atoms with van der Waals surface area (Å²) in [6, 6.07) is 7.08. The van der Waals surface area contributed by atoms with Gasteiger partial charge in [0.15, 0.2) is 11.0 Å². The second-order valence-corrected chi connectivity index (χ2v) is 6.57. The van der Waals surface area contributed by atoms with Crippen LogP contribution in [0.3, 0.4) is 0 Å². The van der Waals surface area contributed by atoms with Crippen LogP contribution in [0.4, 0.5) is 14.5 Å². The van der Waals surface area contributed by atoms with E-state index in [4.69, 9.17) is 0 Å². The summed E-state index contributed by atoms with van der Waals surface area (Å²) in [6.45, 7) is 2.70. The Morgan fingerprint density at radius 3 is 2.52 bits per heavy atom. The lowest BCUT2D eigenvalue weighted by molar-refractivity contribution is -0.113. The predicted molar refractivity (Wildman–Crippen MR) is 99.3 cm³/mol. The van der Waals surface area contributed by atoms with E-state index < -0.39 is 23.2 Å². The number of anilines is 1. The van der Waals surface area contributed by atoms with Crippen LogP contribution < -0.4 is 5.32 Å². The molecule has 3 aromatic rings. The summed E-state index contributed by atoms with van der Waals surface area (Å²) in [5.41, 5.74) is 0.422. The summed E-state index contributed by atoms with van der Waals surface area (Å²) in [5.74, 6) is -1.53. The van der Waals surface area contributed by atoms with Crippen LogP contribution in [-0.2, 0) is 11.3 Å². The van der Waals surface area contributed by atoms with Crippen molar-refractivity contribution in [1.82, 2.24) is 19.7 Å². The Labute approximate surface area is 159 Å². The number of hydrogen-bond acceptors (Lipinski definition) is 5. The van der Waals surface area contributed by atoms with Gasteiger partial charge in [-0.15, -0.1) is 10.2 Å².